The molecule has 1 heterocycles. The minimum Gasteiger partial charge on any atom is -0.382 e. The van der Waals surface area contributed by atoms with E-state index < -0.39 is 0 Å². The van der Waals surface area contributed by atoms with Gasteiger partial charge in [0.1, 0.15) is 11.5 Å². The molecule has 5 heteroatoms. The van der Waals surface area contributed by atoms with Gasteiger partial charge in [0.25, 0.3) is 5.91 Å². The molecular formula is C12H20N4O. The van der Waals surface area contributed by atoms with Gasteiger partial charge in [0.2, 0.25) is 0 Å². The number of nitrogens with two attached hydrogens (primary N) is 1. The van der Waals surface area contributed by atoms with E-state index in [1.54, 1.807) is 11.9 Å². The monoisotopic (exact) mass is 236 g/mol. The van der Waals surface area contributed by atoms with Crippen molar-refractivity contribution in [2.75, 3.05) is 12.8 Å². The maximum atomic E-state index is 12.1. The summed E-state index contributed by atoms with van der Waals surface area (Å²) in [6.07, 6.45) is 3.77. The molecule has 0 spiro atoms. The summed E-state index contributed by atoms with van der Waals surface area (Å²) in [5.41, 5.74) is 5.76. The van der Waals surface area contributed by atoms with Crippen molar-refractivity contribution in [3.63, 3.8) is 0 Å². The molecule has 5 nitrogen and oxygen atoms in total. The highest BCUT2D eigenvalue weighted by Gasteiger charge is 2.19. The maximum Gasteiger partial charge on any atom is 0.274 e. The molecule has 1 rings (SSSR count). The lowest BCUT2D eigenvalue weighted by Gasteiger charge is -2.25. The molecule has 1 unspecified atom stereocenters. The van der Waals surface area contributed by atoms with Crippen molar-refractivity contribution >= 4 is 11.7 Å². The van der Waals surface area contributed by atoms with Gasteiger partial charge in [-0.25, -0.2) is 9.97 Å². The number of carbonyl (C=O) groups is 1. The fourth-order valence-electron chi connectivity index (χ4n) is 1.67. The second-order valence-corrected chi connectivity index (χ2v) is 4.72. The minimum atomic E-state index is -0.120. The first kappa shape index (κ1) is 13.4. The van der Waals surface area contributed by atoms with Crippen molar-refractivity contribution in [3.05, 3.63) is 18.1 Å². The van der Waals surface area contributed by atoms with Crippen LogP contribution in [-0.2, 0) is 0 Å². The van der Waals surface area contributed by atoms with Gasteiger partial charge in [-0.1, -0.05) is 13.8 Å². The lowest BCUT2D eigenvalue weighted by Crippen LogP contribution is -2.36. The molecule has 0 radical (unpaired) electrons. The van der Waals surface area contributed by atoms with E-state index in [0.717, 1.165) is 6.42 Å². The van der Waals surface area contributed by atoms with Crippen molar-refractivity contribution in [3.8, 4) is 0 Å². The Morgan fingerprint density at radius 2 is 2.00 bits per heavy atom. The zero-order valence-corrected chi connectivity index (χ0v) is 10.8. The average molecular weight is 236 g/mol. The summed E-state index contributed by atoms with van der Waals surface area (Å²) in [6.45, 7) is 6.30. The SMILES string of the molecule is CC(C)CC(C)N(C)C(=O)c1cnc(N)cn1. The zero-order valence-electron chi connectivity index (χ0n) is 10.8. The molecular weight excluding hydrogens is 216 g/mol. The van der Waals surface area contributed by atoms with Crippen molar-refractivity contribution in [2.24, 2.45) is 5.92 Å². The normalized spacial score (nSPS) is 12.5. The summed E-state index contributed by atoms with van der Waals surface area (Å²) >= 11 is 0. The lowest BCUT2D eigenvalue weighted by molar-refractivity contribution is 0.0722. The molecule has 94 valence electrons. The number of aromatic nitrogens is 2. The van der Waals surface area contributed by atoms with E-state index in [0.29, 0.717) is 17.4 Å². The zero-order chi connectivity index (χ0) is 13.0. The number of anilines is 1. The van der Waals surface area contributed by atoms with Crippen molar-refractivity contribution in [1.82, 2.24) is 14.9 Å². The predicted octanol–water partition coefficient (Wildman–Crippen LogP) is 1.57. The standard InChI is InChI=1S/C12H20N4O/c1-8(2)5-9(3)16(4)12(17)10-6-15-11(13)7-14-10/h6-9H,5H2,1-4H3,(H2,13,15). The van der Waals surface area contributed by atoms with E-state index in [1.165, 1.54) is 12.4 Å². The van der Waals surface area contributed by atoms with Crippen LogP contribution in [-0.4, -0.2) is 33.9 Å². The first-order valence-corrected chi connectivity index (χ1v) is 5.76. The summed E-state index contributed by atoms with van der Waals surface area (Å²) < 4.78 is 0. The first-order chi connectivity index (χ1) is 7.91. The Kier molecular flexibility index (Phi) is 4.43. The van der Waals surface area contributed by atoms with Gasteiger partial charge >= 0.3 is 0 Å². The van der Waals surface area contributed by atoms with Crippen LogP contribution in [0.2, 0.25) is 0 Å². The molecule has 0 fully saturated rings. The molecule has 0 bridgehead atoms. The van der Waals surface area contributed by atoms with Gasteiger partial charge in [-0.05, 0) is 19.3 Å². The molecule has 1 aromatic heterocycles. The molecule has 0 aliphatic heterocycles. The van der Waals surface area contributed by atoms with E-state index in [-0.39, 0.29) is 11.9 Å². The van der Waals surface area contributed by atoms with Crippen LogP contribution in [0.25, 0.3) is 0 Å². The third kappa shape index (κ3) is 3.69. The largest absolute Gasteiger partial charge is 0.382 e. The number of hydrogen-bond acceptors (Lipinski definition) is 4. The van der Waals surface area contributed by atoms with Crippen LogP contribution < -0.4 is 5.73 Å². The fraction of sp³-hybridized carbons (Fsp3) is 0.583. The molecule has 0 aliphatic carbocycles. The van der Waals surface area contributed by atoms with Crippen LogP contribution in [0.4, 0.5) is 5.82 Å². The third-order valence-electron chi connectivity index (χ3n) is 2.68. The second-order valence-electron chi connectivity index (χ2n) is 4.72. The predicted molar refractivity (Wildman–Crippen MR) is 67.5 cm³/mol. The summed E-state index contributed by atoms with van der Waals surface area (Å²) in [5.74, 6) is 0.753. The number of amides is 1. The number of carbonyl (C=O) groups excluding carboxylic acids is 1. The Bertz CT molecular complexity index is 375. The quantitative estimate of drug-likeness (QED) is 0.861. The van der Waals surface area contributed by atoms with Gasteiger partial charge in [-0.3, -0.25) is 4.79 Å². The van der Waals surface area contributed by atoms with Crippen LogP contribution in [0.5, 0.6) is 0 Å². The van der Waals surface area contributed by atoms with E-state index in [9.17, 15) is 4.79 Å². The van der Waals surface area contributed by atoms with Gasteiger partial charge in [-0.2, -0.15) is 0 Å². The van der Waals surface area contributed by atoms with Gasteiger partial charge in [0.15, 0.2) is 0 Å². The van der Waals surface area contributed by atoms with Crippen molar-refractivity contribution in [1.29, 1.82) is 0 Å². The molecule has 0 saturated heterocycles. The van der Waals surface area contributed by atoms with Crippen molar-refractivity contribution in [2.45, 2.75) is 33.2 Å². The molecule has 2 N–H and O–H groups in total. The first-order valence-electron chi connectivity index (χ1n) is 5.76. The fourth-order valence-corrected chi connectivity index (χ4v) is 1.67. The van der Waals surface area contributed by atoms with Gasteiger partial charge in [0, 0.05) is 13.1 Å². The van der Waals surface area contributed by atoms with Crippen LogP contribution in [0, 0.1) is 5.92 Å². The van der Waals surface area contributed by atoms with E-state index in [4.69, 9.17) is 5.73 Å². The molecule has 17 heavy (non-hydrogen) atoms. The van der Waals surface area contributed by atoms with Gasteiger partial charge in [-0.15, -0.1) is 0 Å². The lowest BCUT2D eigenvalue weighted by atomic mass is 10.0. The van der Waals surface area contributed by atoms with E-state index >= 15 is 0 Å². The molecule has 0 aromatic carbocycles. The maximum absolute atomic E-state index is 12.1. The smallest absolute Gasteiger partial charge is 0.274 e. The highest BCUT2D eigenvalue weighted by molar-refractivity contribution is 5.92. The molecule has 0 aliphatic rings. The Hall–Kier alpha value is -1.65. The average Bonchev–Trinajstić information content (AvgIpc) is 2.27. The highest BCUT2D eigenvalue weighted by atomic mass is 16.2. The Labute approximate surface area is 102 Å². The Balaban J connectivity index is 2.72. The van der Waals surface area contributed by atoms with Gasteiger partial charge in [0.05, 0.1) is 12.4 Å². The minimum absolute atomic E-state index is 0.120. The number of rotatable bonds is 4. The van der Waals surface area contributed by atoms with E-state index in [2.05, 4.69) is 23.8 Å². The second kappa shape index (κ2) is 5.61. The van der Waals surface area contributed by atoms with Crippen LogP contribution >= 0.6 is 0 Å². The van der Waals surface area contributed by atoms with E-state index in [1.807, 2.05) is 6.92 Å². The number of nitrogen functional groups attached to an aromatic ring is 1. The molecule has 0 saturated carbocycles. The number of hydrogen-bond donors (Lipinski definition) is 1. The molecule has 1 amide bonds. The summed E-state index contributed by atoms with van der Waals surface area (Å²) in [4.78, 5) is 21.6. The highest BCUT2D eigenvalue weighted by Crippen LogP contribution is 2.12. The van der Waals surface area contributed by atoms with Crippen LogP contribution in [0.15, 0.2) is 12.4 Å². The summed E-state index contributed by atoms with van der Waals surface area (Å²) in [6, 6.07) is 0.182. The summed E-state index contributed by atoms with van der Waals surface area (Å²) in [7, 11) is 1.79. The van der Waals surface area contributed by atoms with Crippen LogP contribution in [0.3, 0.4) is 0 Å². The Morgan fingerprint density at radius 3 is 2.47 bits per heavy atom. The Morgan fingerprint density at radius 1 is 1.35 bits per heavy atom. The third-order valence-corrected chi connectivity index (χ3v) is 2.68. The number of nitrogens with zero attached hydrogens (tertiary/aromatic N) is 3. The topological polar surface area (TPSA) is 72.1 Å². The van der Waals surface area contributed by atoms with Crippen LogP contribution in [0.1, 0.15) is 37.7 Å². The molecule has 1 aromatic rings. The van der Waals surface area contributed by atoms with Crippen molar-refractivity contribution < 1.29 is 4.79 Å². The molecule has 1 atom stereocenters. The van der Waals surface area contributed by atoms with Gasteiger partial charge < -0.3 is 10.6 Å². The summed E-state index contributed by atoms with van der Waals surface area (Å²) in [5, 5.41) is 0.